The molecule has 1 heteroatoms. The third-order valence-corrected chi connectivity index (χ3v) is 5.57. The first kappa shape index (κ1) is 20.4. The van der Waals surface area contributed by atoms with Crippen molar-refractivity contribution in [3.05, 3.63) is 108 Å². The highest BCUT2D eigenvalue weighted by Crippen LogP contribution is 2.25. The van der Waals surface area contributed by atoms with Crippen molar-refractivity contribution in [1.82, 2.24) is 0 Å². The number of hydrogen-bond acceptors (Lipinski definition) is 0. The summed E-state index contributed by atoms with van der Waals surface area (Å²) in [5, 5.41) is 0. The first-order chi connectivity index (χ1) is 13.8. The fourth-order valence-corrected chi connectivity index (χ4v) is 4.19. The van der Waals surface area contributed by atoms with E-state index in [0.717, 1.165) is 24.1 Å². The summed E-state index contributed by atoms with van der Waals surface area (Å²) >= 11 is 0. The lowest BCUT2D eigenvalue weighted by Crippen LogP contribution is -2.46. The van der Waals surface area contributed by atoms with E-state index in [-0.39, 0.29) is 0 Å². The summed E-state index contributed by atoms with van der Waals surface area (Å²) in [6, 6.07) is 33.1. The molecule has 0 fully saturated rings. The smallest absolute Gasteiger partial charge is 0.105 e. The van der Waals surface area contributed by atoms with Crippen LogP contribution in [-0.2, 0) is 19.6 Å². The largest absolute Gasteiger partial charge is 0.312 e. The molecule has 146 valence electrons. The Hall–Kier alpha value is -2.38. The number of benzene rings is 3. The van der Waals surface area contributed by atoms with Crippen LogP contribution in [0.25, 0.3) is 0 Å². The Labute approximate surface area is 171 Å². The molecule has 28 heavy (non-hydrogen) atoms. The minimum absolute atomic E-state index is 1.08. The van der Waals surface area contributed by atoms with Crippen LogP contribution in [0.1, 0.15) is 49.3 Å². The van der Waals surface area contributed by atoms with Crippen LogP contribution in [-0.4, -0.2) is 11.0 Å². The van der Waals surface area contributed by atoms with Crippen molar-refractivity contribution in [3.63, 3.8) is 0 Å². The number of rotatable bonds is 11. The number of unbranched alkanes of at least 4 members (excludes halogenated alkanes) is 3. The molecule has 3 aromatic rings. The van der Waals surface area contributed by atoms with Crippen LogP contribution in [0.2, 0.25) is 0 Å². The lowest BCUT2D eigenvalue weighted by atomic mass is 10.1. The van der Waals surface area contributed by atoms with E-state index in [4.69, 9.17) is 0 Å². The molecule has 0 N–H and O–H groups in total. The normalized spacial score (nSPS) is 11.5. The minimum atomic E-state index is 1.08. The van der Waals surface area contributed by atoms with Crippen molar-refractivity contribution in [2.24, 2.45) is 0 Å². The maximum Gasteiger partial charge on any atom is 0.105 e. The third kappa shape index (κ3) is 6.35. The Morgan fingerprint density at radius 1 is 0.500 bits per heavy atom. The van der Waals surface area contributed by atoms with Gasteiger partial charge in [0.1, 0.15) is 19.6 Å². The molecule has 0 bridgehead atoms. The van der Waals surface area contributed by atoms with Gasteiger partial charge < -0.3 is 4.48 Å². The number of nitrogens with zero attached hydrogens (tertiary/aromatic N) is 1. The standard InChI is InChI=1S/C27H34N/c1-2-3-4-14-21-28(22-25-15-8-5-9-16-25,23-26-17-10-6-11-18-26)24-27-19-12-7-13-20-27/h5-13,15-20H,2-4,14,21-24H2,1H3/q+1. The molecule has 0 saturated carbocycles. The molecule has 3 aromatic carbocycles. The molecular weight excluding hydrogens is 338 g/mol. The second-order valence-corrected chi connectivity index (χ2v) is 8.06. The fraction of sp³-hybridized carbons (Fsp3) is 0.333. The lowest BCUT2D eigenvalue weighted by Gasteiger charge is -2.39. The van der Waals surface area contributed by atoms with Crippen LogP contribution in [0.3, 0.4) is 0 Å². The quantitative estimate of drug-likeness (QED) is 0.251. The monoisotopic (exact) mass is 372 g/mol. The van der Waals surface area contributed by atoms with Crippen LogP contribution in [0.15, 0.2) is 91.0 Å². The van der Waals surface area contributed by atoms with Crippen molar-refractivity contribution >= 4 is 0 Å². The number of quaternary nitrogens is 1. The second-order valence-electron chi connectivity index (χ2n) is 8.06. The molecule has 0 unspecified atom stereocenters. The Morgan fingerprint density at radius 3 is 1.25 bits per heavy atom. The first-order valence-electron chi connectivity index (χ1n) is 10.8. The topological polar surface area (TPSA) is 0 Å². The molecule has 0 radical (unpaired) electrons. The summed E-state index contributed by atoms with van der Waals surface area (Å²) in [5.74, 6) is 0. The molecule has 0 aliphatic rings. The van der Waals surface area contributed by atoms with Crippen molar-refractivity contribution < 1.29 is 4.48 Å². The minimum Gasteiger partial charge on any atom is -0.312 e. The van der Waals surface area contributed by atoms with Crippen LogP contribution in [0.4, 0.5) is 0 Å². The average Bonchev–Trinajstić information content (AvgIpc) is 2.73. The SMILES string of the molecule is CCCCCC[N+](Cc1ccccc1)(Cc1ccccc1)Cc1ccccc1. The molecule has 0 amide bonds. The van der Waals surface area contributed by atoms with E-state index < -0.39 is 0 Å². The van der Waals surface area contributed by atoms with Gasteiger partial charge in [0.15, 0.2) is 0 Å². The van der Waals surface area contributed by atoms with Gasteiger partial charge in [-0.25, -0.2) is 0 Å². The first-order valence-corrected chi connectivity index (χ1v) is 10.8. The second kappa shape index (κ2) is 10.8. The predicted octanol–water partition coefficient (Wildman–Crippen LogP) is 6.98. The molecule has 0 spiro atoms. The molecular formula is C27H34N+. The van der Waals surface area contributed by atoms with Gasteiger partial charge in [0.25, 0.3) is 0 Å². The van der Waals surface area contributed by atoms with Gasteiger partial charge in [-0.05, 0) is 12.8 Å². The summed E-state index contributed by atoms with van der Waals surface area (Å²) in [4.78, 5) is 0. The van der Waals surface area contributed by atoms with Crippen LogP contribution < -0.4 is 0 Å². The van der Waals surface area contributed by atoms with Crippen molar-refractivity contribution in [3.8, 4) is 0 Å². The highest BCUT2D eigenvalue weighted by atomic mass is 15.3. The zero-order valence-electron chi connectivity index (χ0n) is 17.3. The van der Waals surface area contributed by atoms with Gasteiger partial charge >= 0.3 is 0 Å². The van der Waals surface area contributed by atoms with Crippen LogP contribution >= 0.6 is 0 Å². The van der Waals surface area contributed by atoms with E-state index in [1.165, 1.54) is 48.9 Å². The van der Waals surface area contributed by atoms with E-state index >= 15 is 0 Å². The van der Waals surface area contributed by atoms with Gasteiger partial charge in [-0.2, -0.15) is 0 Å². The van der Waals surface area contributed by atoms with Gasteiger partial charge in [0, 0.05) is 16.7 Å². The zero-order chi connectivity index (χ0) is 19.5. The summed E-state index contributed by atoms with van der Waals surface area (Å²) < 4.78 is 1.09. The van der Waals surface area contributed by atoms with Crippen LogP contribution in [0.5, 0.6) is 0 Å². The van der Waals surface area contributed by atoms with E-state index in [2.05, 4.69) is 97.9 Å². The third-order valence-electron chi connectivity index (χ3n) is 5.57. The Morgan fingerprint density at radius 2 is 0.893 bits per heavy atom. The van der Waals surface area contributed by atoms with Gasteiger partial charge in [0.2, 0.25) is 0 Å². The van der Waals surface area contributed by atoms with Crippen molar-refractivity contribution in [2.75, 3.05) is 6.54 Å². The molecule has 3 rings (SSSR count). The Kier molecular flexibility index (Phi) is 7.87. The maximum absolute atomic E-state index is 2.29. The van der Waals surface area contributed by atoms with E-state index in [1.54, 1.807) is 0 Å². The van der Waals surface area contributed by atoms with E-state index in [9.17, 15) is 0 Å². The molecule has 1 nitrogen and oxygen atoms in total. The van der Waals surface area contributed by atoms with Gasteiger partial charge in [0.05, 0.1) is 6.54 Å². The highest BCUT2D eigenvalue weighted by molar-refractivity contribution is 5.17. The van der Waals surface area contributed by atoms with Crippen molar-refractivity contribution in [2.45, 2.75) is 52.2 Å². The highest BCUT2D eigenvalue weighted by Gasteiger charge is 2.28. The van der Waals surface area contributed by atoms with Crippen molar-refractivity contribution in [1.29, 1.82) is 0 Å². The van der Waals surface area contributed by atoms with Crippen LogP contribution in [0, 0.1) is 0 Å². The molecule has 0 aromatic heterocycles. The lowest BCUT2D eigenvalue weighted by molar-refractivity contribution is -0.966. The fourth-order valence-electron chi connectivity index (χ4n) is 4.19. The summed E-state index contributed by atoms with van der Waals surface area (Å²) in [6.45, 7) is 6.75. The summed E-state index contributed by atoms with van der Waals surface area (Å²) in [5.41, 5.74) is 4.31. The summed E-state index contributed by atoms with van der Waals surface area (Å²) in [6.07, 6.45) is 5.24. The molecule has 0 atom stereocenters. The average molecular weight is 373 g/mol. The number of hydrogen-bond donors (Lipinski definition) is 0. The molecule has 0 aliphatic heterocycles. The molecule has 0 saturated heterocycles. The van der Waals surface area contributed by atoms with Gasteiger partial charge in [-0.15, -0.1) is 0 Å². The maximum atomic E-state index is 2.29. The van der Waals surface area contributed by atoms with E-state index in [0.29, 0.717) is 0 Å². The van der Waals surface area contributed by atoms with E-state index in [1.807, 2.05) is 0 Å². The Bertz CT molecular complexity index is 679. The van der Waals surface area contributed by atoms with Gasteiger partial charge in [-0.3, -0.25) is 0 Å². The molecule has 0 heterocycles. The molecule has 0 aliphatic carbocycles. The predicted molar refractivity (Wildman–Crippen MR) is 120 cm³/mol. The van der Waals surface area contributed by atoms with Gasteiger partial charge in [-0.1, -0.05) is 111 Å². The Balaban J connectivity index is 1.90. The zero-order valence-corrected chi connectivity index (χ0v) is 17.3. The summed E-state index contributed by atoms with van der Waals surface area (Å²) in [7, 11) is 0.